The van der Waals surface area contributed by atoms with Crippen LogP contribution in [-0.2, 0) is 6.54 Å². The van der Waals surface area contributed by atoms with Gasteiger partial charge in [-0.15, -0.1) is 0 Å². The van der Waals surface area contributed by atoms with Gasteiger partial charge in [-0.1, -0.05) is 31.1 Å². The molecule has 0 aromatic carbocycles. The van der Waals surface area contributed by atoms with Crippen molar-refractivity contribution in [2.75, 3.05) is 0 Å². The normalized spacial score (nSPS) is 17.1. The van der Waals surface area contributed by atoms with Gasteiger partial charge in [-0.2, -0.15) is 10.2 Å². The molecule has 4 heterocycles. The van der Waals surface area contributed by atoms with E-state index in [1.165, 1.54) is 25.7 Å². The van der Waals surface area contributed by atoms with E-state index in [1.807, 2.05) is 17.8 Å². The molecule has 4 aromatic heterocycles. The Morgan fingerprint density at radius 3 is 2.29 bits per heavy atom. The second-order valence-electron chi connectivity index (χ2n) is 10.4. The quantitative estimate of drug-likeness (QED) is 0.315. The number of aromatic nitrogens is 6. The summed E-state index contributed by atoms with van der Waals surface area (Å²) in [5, 5.41) is 21.2. The Kier molecular flexibility index (Phi) is 5.19. The number of H-pyrrole nitrogens is 1. The van der Waals surface area contributed by atoms with Crippen LogP contribution in [0.5, 0.6) is 0 Å². The summed E-state index contributed by atoms with van der Waals surface area (Å²) < 4.78 is 13.6. The number of hydrogen-bond acceptors (Lipinski definition) is 6. The molecule has 2 aliphatic carbocycles. The number of hydrogen-bond donors (Lipinski definition) is 1. The zero-order chi connectivity index (χ0) is 23.4. The second kappa shape index (κ2) is 8.25. The molecule has 0 saturated heterocycles. The zero-order valence-electron chi connectivity index (χ0n) is 20.3. The number of nitrogens with one attached hydrogen (secondary N) is 1. The maximum atomic E-state index is 5.84. The van der Waals surface area contributed by atoms with Crippen LogP contribution >= 0.6 is 0 Å². The van der Waals surface area contributed by atoms with Crippen LogP contribution in [-0.4, -0.2) is 30.3 Å². The van der Waals surface area contributed by atoms with Crippen LogP contribution in [0.25, 0.3) is 22.4 Å². The van der Waals surface area contributed by atoms with Gasteiger partial charge in [0.15, 0.2) is 0 Å². The van der Waals surface area contributed by atoms with E-state index in [-0.39, 0.29) is 5.92 Å². The van der Waals surface area contributed by atoms with Crippen molar-refractivity contribution in [3.8, 4) is 22.4 Å². The van der Waals surface area contributed by atoms with Crippen molar-refractivity contribution in [3.63, 3.8) is 0 Å². The minimum absolute atomic E-state index is 0.222. The Morgan fingerprint density at radius 2 is 1.68 bits per heavy atom. The van der Waals surface area contributed by atoms with Crippen molar-refractivity contribution >= 4 is 0 Å². The fourth-order valence-electron chi connectivity index (χ4n) is 4.78. The monoisotopic (exact) mass is 460 g/mol. The van der Waals surface area contributed by atoms with E-state index >= 15 is 0 Å². The first-order chi connectivity index (χ1) is 16.5. The van der Waals surface area contributed by atoms with Crippen LogP contribution in [0.2, 0.25) is 0 Å². The molecule has 2 saturated carbocycles. The summed E-state index contributed by atoms with van der Waals surface area (Å²) in [5.74, 6) is 3.55. The molecule has 2 fully saturated rings. The van der Waals surface area contributed by atoms with E-state index in [0.717, 1.165) is 64.0 Å². The zero-order valence-corrected chi connectivity index (χ0v) is 20.3. The highest BCUT2D eigenvalue weighted by atomic mass is 16.5. The molecule has 8 nitrogen and oxygen atoms in total. The Labute approximate surface area is 199 Å². The van der Waals surface area contributed by atoms with Gasteiger partial charge >= 0.3 is 0 Å². The summed E-state index contributed by atoms with van der Waals surface area (Å²) in [6, 6.07) is 2.08. The topological polar surface area (TPSA) is 98.6 Å². The Balaban J connectivity index is 1.22. The molecule has 1 atom stereocenters. The molecular weight excluding hydrogens is 428 g/mol. The van der Waals surface area contributed by atoms with Gasteiger partial charge in [0.05, 0.1) is 34.4 Å². The number of nitrogens with zero attached hydrogens (tertiary/aromatic N) is 5. The fraction of sp³-hybridized carbons (Fsp3) is 0.538. The molecule has 0 spiro atoms. The molecule has 0 amide bonds. The lowest BCUT2D eigenvalue weighted by Crippen LogP contribution is -2.05. The minimum Gasteiger partial charge on any atom is -0.360 e. The lowest BCUT2D eigenvalue weighted by molar-refractivity contribution is 0.372. The van der Waals surface area contributed by atoms with Crippen molar-refractivity contribution in [3.05, 3.63) is 47.1 Å². The summed E-state index contributed by atoms with van der Waals surface area (Å²) in [5.41, 5.74) is 7.34. The van der Waals surface area contributed by atoms with E-state index < -0.39 is 0 Å². The molecule has 4 aromatic rings. The minimum atomic E-state index is 0.222. The number of aryl methyl sites for hydroxylation is 2. The smallest absolute Gasteiger partial charge is 0.149 e. The molecule has 34 heavy (non-hydrogen) atoms. The molecule has 6 rings (SSSR count). The van der Waals surface area contributed by atoms with Gasteiger partial charge < -0.3 is 9.05 Å². The van der Waals surface area contributed by atoms with Crippen LogP contribution in [0.1, 0.15) is 105 Å². The van der Waals surface area contributed by atoms with Crippen LogP contribution in [0, 0.1) is 6.92 Å². The van der Waals surface area contributed by atoms with Crippen LogP contribution in [0.4, 0.5) is 0 Å². The SMILES string of the molecule is Cc1cc(-c2c(C(C)CCn3cc(-c4c(C(C)C)noc4C4CC4)cn3)noc2C2CC2)n[nH]1. The molecule has 1 N–H and O–H groups in total. The van der Waals surface area contributed by atoms with Gasteiger partial charge in [0, 0.05) is 41.8 Å². The van der Waals surface area contributed by atoms with E-state index in [4.69, 9.17) is 9.05 Å². The van der Waals surface area contributed by atoms with E-state index in [2.05, 4.69) is 58.6 Å². The average Bonchev–Trinajstić information content (AvgIpc) is 3.62. The highest BCUT2D eigenvalue weighted by Gasteiger charge is 2.35. The lowest BCUT2D eigenvalue weighted by atomic mass is 9.96. The average molecular weight is 461 g/mol. The first-order valence-electron chi connectivity index (χ1n) is 12.5. The van der Waals surface area contributed by atoms with E-state index in [9.17, 15) is 0 Å². The van der Waals surface area contributed by atoms with Gasteiger partial charge in [-0.05, 0) is 51.0 Å². The summed E-state index contributed by atoms with van der Waals surface area (Å²) in [6.07, 6.45) is 9.69. The highest BCUT2D eigenvalue weighted by Crippen LogP contribution is 2.48. The van der Waals surface area contributed by atoms with Crippen LogP contribution in [0.3, 0.4) is 0 Å². The molecule has 178 valence electrons. The summed E-state index contributed by atoms with van der Waals surface area (Å²) in [4.78, 5) is 0. The maximum absolute atomic E-state index is 5.84. The van der Waals surface area contributed by atoms with E-state index in [0.29, 0.717) is 17.8 Å². The summed E-state index contributed by atoms with van der Waals surface area (Å²) in [6.45, 7) is 9.36. The molecule has 2 aliphatic rings. The van der Waals surface area contributed by atoms with Gasteiger partial charge in [0.1, 0.15) is 11.5 Å². The third kappa shape index (κ3) is 3.89. The largest absolute Gasteiger partial charge is 0.360 e. The second-order valence-corrected chi connectivity index (χ2v) is 10.4. The van der Waals surface area contributed by atoms with Crippen molar-refractivity contribution in [1.29, 1.82) is 0 Å². The molecule has 1 unspecified atom stereocenters. The van der Waals surface area contributed by atoms with Crippen molar-refractivity contribution in [2.45, 2.75) is 90.0 Å². The number of rotatable bonds is 9. The Bertz CT molecular complexity index is 1280. The molecular formula is C26H32N6O2. The van der Waals surface area contributed by atoms with Gasteiger partial charge in [0.2, 0.25) is 0 Å². The predicted molar refractivity (Wildman–Crippen MR) is 128 cm³/mol. The van der Waals surface area contributed by atoms with Gasteiger partial charge in [-0.3, -0.25) is 9.78 Å². The first kappa shape index (κ1) is 21.4. The van der Waals surface area contributed by atoms with Gasteiger partial charge in [-0.25, -0.2) is 0 Å². The third-order valence-electron chi connectivity index (χ3n) is 7.07. The molecule has 0 radical (unpaired) electrons. The summed E-state index contributed by atoms with van der Waals surface area (Å²) in [7, 11) is 0. The predicted octanol–water partition coefficient (Wildman–Crippen LogP) is 6.30. The van der Waals surface area contributed by atoms with Crippen molar-refractivity contribution in [2.24, 2.45) is 0 Å². The first-order valence-corrected chi connectivity index (χ1v) is 12.5. The van der Waals surface area contributed by atoms with E-state index in [1.54, 1.807) is 0 Å². The van der Waals surface area contributed by atoms with Crippen molar-refractivity contribution < 1.29 is 9.05 Å². The third-order valence-corrected chi connectivity index (χ3v) is 7.07. The molecule has 8 heteroatoms. The Hall–Kier alpha value is -3.16. The standard InChI is InChI=1S/C26H32N6O2/c1-14(2)23-21(25(33-30-23)17-5-6-17)19-12-27-32(13-19)10-9-15(3)24-22(20-11-16(4)28-29-20)26(34-31-24)18-7-8-18/h11-15,17-18H,5-10H2,1-4H3,(H,28,29). The number of aromatic amines is 1. The lowest BCUT2D eigenvalue weighted by Gasteiger charge is -2.10. The van der Waals surface area contributed by atoms with Crippen LogP contribution < -0.4 is 0 Å². The van der Waals surface area contributed by atoms with Gasteiger partial charge in [0.25, 0.3) is 0 Å². The molecule has 0 bridgehead atoms. The summed E-state index contributed by atoms with van der Waals surface area (Å²) >= 11 is 0. The van der Waals surface area contributed by atoms with Crippen LogP contribution in [0.15, 0.2) is 27.5 Å². The fourth-order valence-corrected chi connectivity index (χ4v) is 4.78. The molecule has 0 aliphatic heterocycles. The highest BCUT2D eigenvalue weighted by molar-refractivity contribution is 5.68. The maximum Gasteiger partial charge on any atom is 0.149 e. The van der Waals surface area contributed by atoms with Crippen molar-refractivity contribution in [1.82, 2.24) is 30.3 Å². The Morgan fingerprint density at radius 1 is 1.00 bits per heavy atom.